The molecule has 0 radical (unpaired) electrons. The molecule has 3 nitrogen and oxygen atoms in total. The first-order chi connectivity index (χ1) is 9.13. The van der Waals surface area contributed by atoms with E-state index in [1.807, 2.05) is 24.3 Å². The second kappa shape index (κ2) is 6.14. The van der Waals surface area contributed by atoms with Crippen LogP contribution in [0.15, 0.2) is 58.7 Å². The van der Waals surface area contributed by atoms with Crippen molar-refractivity contribution in [1.29, 1.82) is 0 Å². The zero-order valence-corrected chi connectivity index (χ0v) is 11.1. The summed E-state index contributed by atoms with van der Waals surface area (Å²) in [4.78, 5) is 15.0. The van der Waals surface area contributed by atoms with Gasteiger partial charge >= 0.3 is 0 Å². The summed E-state index contributed by atoms with van der Waals surface area (Å²) in [5.41, 5.74) is 9.82. The fourth-order valence-corrected chi connectivity index (χ4v) is 2.19. The van der Waals surface area contributed by atoms with Gasteiger partial charge in [0.15, 0.2) is 0 Å². The van der Waals surface area contributed by atoms with Gasteiger partial charge in [-0.1, -0.05) is 35.9 Å². The van der Waals surface area contributed by atoms with E-state index in [1.165, 1.54) is 18.1 Å². The van der Waals surface area contributed by atoms with Crippen LogP contribution in [0.4, 0.5) is 0 Å². The highest BCUT2D eigenvalue weighted by atomic mass is 16.1. The minimum atomic E-state index is -0.177. The van der Waals surface area contributed by atoms with Crippen LogP contribution in [-0.2, 0) is 11.2 Å². The van der Waals surface area contributed by atoms with E-state index in [0.717, 1.165) is 18.6 Å². The van der Waals surface area contributed by atoms with Gasteiger partial charge in [0.05, 0.1) is 5.71 Å². The fourth-order valence-electron chi connectivity index (χ4n) is 2.19. The van der Waals surface area contributed by atoms with Crippen molar-refractivity contribution in [2.75, 3.05) is 0 Å². The van der Waals surface area contributed by atoms with Crippen LogP contribution in [0.5, 0.6) is 0 Å². The molecule has 0 aromatic heterocycles. The van der Waals surface area contributed by atoms with Crippen LogP contribution in [0.3, 0.4) is 0 Å². The number of nitrogens with two attached hydrogens (primary N) is 1. The van der Waals surface area contributed by atoms with Gasteiger partial charge in [-0.2, -0.15) is 0 Å². The number of nitrogens with zero attached hydrogens (tertiary/aromatic N) is 1. The van der Waals surface area contributed by atoms with Crippen LogP contribution >= 0.6 is 0 Å². The molecule has 98 valence electrons. The van der Waals surface area contributed by atoms with E-state index >= 15 is 0 Å². The maximum absolute atomic E-state index is 11.0. The lowest BCUT2D eigenvalue weighted by Gasteiger charge is -2.13. The third kappa shape index (κ3) is 4.21. The number of hydrogen-bond acceptors (Lipinski definition) is 2. The summed E-state index contributed by atoms with van der Waals surface area (Å²) in [6.45, 7) is 1.46. The lowest BCUT2D eigenvalue weighted by atomic mass is 9.95. The van der Waals surface area contributed by atoms with Gasteiger partial charge in [-0.05, 0) is 30.6 Å². The molecule has 0 aliphatic heterocycles. The highest BCUT2D eigenvalue weighted by Gasteiger charge is 2.10. The van der Waals surface area contributed by atoms with Crippen molar-refractivity contribution >= 4 is 11.6 Å². The van der Waals surface area contributed by atoms with Crippen molar-refractivity contribution in [1.82, 2.24) is 0 Å². The van der Waals surface area contributed by atoms with Gasteiger partial charge in [-0.3, -0.25) is 4.79 Å². The predicted octanol–water partition coefficient (Wildman–Crippen LogP) is 2.78. The van der Waals surface area contributed by atoms with E-state index in [0.29, 0.717) is 12.1 Å². The second-order valence-electron chi connectivity index (χ2n) is 4.73. The Hall–Kier alpha value is -2.16. The number of rotatable bonds is 3. The highest BCUT2D eigenvalue weighted by molar-refractivity contribution is 6.04. The molecule has 1 aromatic carbocycles. The summed E-state index contributed by atoms with van der Waals surface area (Å²) in [7, 11) is 0. The summed E-state index contributed by atoms with van der Waals surface area (Å²) in [6.07, 6.45) is 6.39. The molecule has 1 aromatic rings. The Balaban J connectivity index is 2.01. The summed E-state index contributed by atoms with van der Waals surface area (Å²) in [5, 5.41) is 0. The minimum Gasteiger partial charge on any atom is -0.399 e. The van der Waals surface area contributed by atoms with Gasteiger partial charge in [0.25, 0.3) is 0 Å². The lowest BCUT2D eigenvalue weighted by Crippen LogP contribution is -2.10. The Morgan fingerprint density at radius 2 is 1.95 bits per heavy atom. The molecule has 2 N–H and O–H groups in total. The summed E-state index contributed by atoms with van der Waals surface area (Å²) < 4.78 is 0. The van der Waals surface area contributed by atoms with E-state index in [4.69, 9.17) is 5.73 Å². The molecule has 1 aliphatic carbocycles. The number of amides is 1. The maximum atomic E-state index is 11.0. The van der Waals surface area contributed by atoms with Gasteiger partial charge in [-0.25, -0.2) is 4.99 Å². The Labute approximate surface area is 113 Å². The van der Waals surface area contributed by atoms with Crippen LogP contribution in [0.1, 0.15) is 25.3 Å². The third-order valence-electron chi connectivity index (χ3n) is 2.99. The van der Waals surface area contributed by atoms with Gasteiger partial charge in [0.1, 0.15) is 0 Å². The first kappa shape index (κ1) is 13.3. The van der Waals surface area contributed by atoms with Gasteiger partial charge < -0.3 is 5.73 Å². The Morgan fingerprint density at radius 1 is 1.21 bits per heavy atom. The monoisotopic (exact) mass is 254 g/mol. The molecule has 0 saturated heterocycles. The van der Waals surface area contributed by atoms with Crippen molar-refractivity contribution in [3.05, 3.63) is 59.3 Å². The minimum absolute atomic E-state index is 0.177. The van der Waals surface area contributed by atoms with Crippen molar-refractivity contribution < 1.29 is 4.79 Å². The SMILES string of the molecule is CC(=O)N=C1C=C(N)C=C(CCc2ccccc2)C1. The topological polar surface area (TPSA) is 55.5 Å². The molecular weight excluding hydrogens is 236 g/mol. The molecule has 0 fully saturated rings. The standard InChI is InChI=1S/C16H18N2O/c1-12(19)18-16-10-14(9-15(17)11-16)8-7-13-5-3-2-4-6-13/h2-6,9,11H,7-8,10,17H2,1H3. The average Bonchev–Trinajstić information content (AvgIpc) is 2.36. The fraction of sp³-hybridized carbons (Fsp3) is 0.250. The van der Waals surface area contributed by atoms with E-state index < -0.39 is 0 Å². The Morgan fingerprint density at radius 3 is 2.63 bits per heavy atom. The quantitative estimate of drug-likeness (QED) is 0.901. The molecule has 0 bridgehead atoms. The molecule has 2 rings (SSSR count). The molecule has 0 unspecified atom stereocenters. The van der Waals surface area contributed by atoms with Crippen LogP contribution in [0.2, 0.25) is 0 Å². The highest BCUT2D eigenvalue weighted by Crippen LogP contribution is 2.19. The molecule has 1 aliphatic rings. The zero-order valence-electron chi connectivity index (χ0n) is 11.1. The summed E-state index contributed by atoms with van der Waals surface area (Å²) in [6, 6.07) is 10.3. The molecule has 19 heavy (non-hydrogen) atoms. The van der Waals surface area contributed by atoms with Gasteiger partial charge in [0.2, 0.25) is 5.91 Å². The van der Waals surface area contributed by atoms with E-state index in [1.54, 1.807) is 6.08 Å². The first-order valence-corrected chi connectivity index (χ1v) is 6.42. The van der Waals surface area contributed by atoms with E-state index in [2.05, 4.69) is 17.1 Å². The lowest BCUT2D eigenvalue weighted by molar-refractivity contribution is -0.115. The summed E-state index contributed by atoms with van der Waals surface area (Å²) in [5.74, 6) is -0.177. The van der Waals surface area contributed by atoms with Gasteiger partial charge in [0, 0.05) is 19.0 Å². The average molecular weight is 254 g/mol. The molecule has 0 atom stereocenters. The van der Waals surface area contributed by atoms with Crippen LogP contribution in [0, 0.1) is 0 Å². The van der Waals surface area contributed by atoms with Crippen LogP contribution in [-0.4, -0.2) is 11.6 Å². The maximum Gasteiger partial charge on any atom is 0.242 e. The van der Waals surface area contributed by atoms with Crippen molar-refractivity contribution in [3.8, 4) is 0 Å². The number of carbonyl (C=O) groups is 1. The van der Waals surface area contributed by atoms with Crippen LogP contribution < -0.4 is 5.73 Å². The Bertz CT molecular complexity index is 553. The second-order valence-corrected chi connectivity index (χ2v) is 4.73. The number of carbonyl (C=O) groups excluding carboxylic acids is 1. The normalized spacial score (nSPS) is 17.0. The van der Waals surface area contributed by atoms with E-state index in [-0.39, 0.29) is 5.91 Å². The Kier molecular flexibility index (Phi) is 4.29. The number of aryl methyl sites for hydroxylation is 1. The smallest absolute Gasteiger partial charge is 0.242 e. The number of benzene rings is 1. The molecule has 1 amide bonds. The number of allylic oxidation sites excluding steroid dienone is 3. The van der Waals surface area contributed by atoms with Crippen molar-refractivity contribution in [2.24, 2.45) is 10.7 Å². The predicted molar refractivity (Wildman–Crippen MR) is 77.8 cm³/mol. The largest absolute Gasteiger partial charge is 0.399 e. The van der Waals surface area contributed by atoms with Crippen molar-refractivity contribution in [2.45, 2.75) is 26.2 Å². The number of hydrogen-bond donors (Lipinski definition) is 1. The van der Waals surface area contributed by atoms with E-state index in [9.17, 15) is 4.79 Å². The third-order valence-corrected chi connectivity index (χ3v) is 2.99. The molecule has 0 saturated carbocycles. The van der Waals surface area contributed by atoms with Crippen LogP contribution in [0.25, 0.3) is 0 Å². The molecule has 3 heteroatoms. The zero-order chi connectivity index (χ0) is 13.7. The molecular formula is C16H18N2O. The molecule has 0 heterocycles. The first-order valence-electron chi connectivity index (χ1n) is 6.42. The molecule has 0 spiro atoms. The van der Waals surface area contributed by atoms with Crippen molar-refractivity contribution in [3.63, 3.8) is 0 Å². The summed E-state index contributed by atoms with van der Waals surface area (Å²) >= 11 is 0. The number of aliphatic imine (C=N–C) groups is 1. The van der Waals surface area contributed by atoms with Gasteiger partial charge in [-0.15, -0.1) is 0 Å².